The Hall–Kier alpha value is -5.12. The molecular formula is C42H43F6N9O2S. The first-order valence-corrected chi connectivity index (χ1v) is 21.1. The summed E-state index contributed by atoms with van der Waals surface area (Å²) in [4.78, 5) is 19.8. The highest BCUT2D eigenvalue weighted by Crippen LogP contribution is 2.54. The number of nitriles is 1. The maximum atomic E-state index is 17.8. The lowest BCUT2D eigenvalue weighted by Crippen LogP contribution is -2.43. The molecule has 3 aromatic heterocycles. The van der Waals surface area contributed by atoms with Crippen LogP contribution >= 0.6 is 11.3 Å². The fraction of sp³-hybridized carbons (Fsp3) is 0.476. The zero-order chi connectivity index (χ0) is 41.9. The summed E-state index contributed by atoms with van der Waals surface area (Å²) in [5.41, 5.74) is 8.84. The van der Waals surface area contributed by atoms with Crippen molar-refractivity contribution in [1.82, 2.24) is 24.8 Å². The van der Waals surface area contributed by atoms with Gasteiger partial charge in [-0.2, -0.15) is 28.4 Å². The molecule has 4 N–H and O–H groups in total. The summed E-state index contributed by atoms with van der Waals surface area (Å²) < 4.78 is 107. The van der Waals surface area contributed by atoms with Crippen molar-refractivity contribution in [2.45, 2.75) is 75.3 Å². The molecule has 3 saturated heterocycles. The van der Waals surface area contributed by atoms with Gasteiger partial charge in [-0.25, -0.2) is 18.2 Å². The van der Waals surface area contributed by atoms with E-state index in [9.17, 15) is 9.65 Å². The Morgan fingerprint density at radius 1 is 1.05 bits per heavy atom. The van der Waals surface area contributed by atoms with Crippen LogP contribution in [-0.2, 0) is 6.18 Å². The van der Waals surface area contributed by atoms with Gasteiger partial charge >= 0.3 is 12.2 Å². The van der Waals surface area contributed by atoms with Crippen molar-refractivity contribution in [3.63, 3.8) is 0 Å². The van der Waals surface area contributed by atoms with E-state index in [0.29, 0.717) is 42.7 Å². The lowest BCUT2D eigenvalue weighted by molar-refractivity contribution is -0.138. The van der Waals surface area contributed by atoms with Crippen LogP contribution in [0.2, 0.25) is 0 Å². The zero-order valence-electron chi connectivity index (χ0n) is 32.6. The third kappa shape index (κ3) is 6.97. The number of hydrogen-bond donors (Lipinski definition) is 2. The molecule has 5 aromatic rings. The van der Waals surface area contributed by atoms with E-state index in [1.54, 1.807) is 17.2 Å². The topological polar surface area (TPSA) is 143 Å². The molecule has 4 aliphatic rings. The number of thiophene rings is 1. The lowest BCUT2D eigenvalue weighted by atomic mass is 9.91. The van der Waals surface area contributed by atoms with Gasteiger partial charge in [0.15, 0.2) is 5.82 Å². The molecule has 60 heavy (non-hydrogen) atoms. The number of fused-ring (bicyclic) bond motifs is 2. The molecule has 2 aromatic carbocycles. The van der Waals surface area contributed by atoms with E-state index in [0.717, 1.165) is 51.0 Å². The Bertz CT molecular complexity index is 2510. The van der Waals surface area contributed by atoms with E-state index < -0.39 is 63.5 Å². The first-order chi connectivity index (χ1) is 28.9. The number of likely N-dealkylation sites (tertiary alicyclic amines) is 1. The summed E-state index contributed by atoms with van der Waals surface area (Å²) in [6.07, 6.45) is 1.47. The number of rotatable bonds is 10. The quantitative estimate of drug-likeness (QED) is 0.131. The predicted molar refractivity (Wildman–Crippen MR) is 217 cm³/mol. The van der Waals surface area contributed by atoms with Crippen LogP contribution in [0, 0.1) is 23.0 Å². The molecule has 0 spiro atoms. The molecule has 0 aliphatic carbocycles. The highest BCUT2D eigenvalue weighted by molar-refractivity contribution is 7.23. The number of nitrogens with two attached hydrogens (primary N) is 2. The molecule has 0 bridgehead atoms. The number of nitrogen functional groups attached to an aromatic ring is 2. The van der Waals surface area contributed by atoms with Gasteiger partial charge in [0.1, 0.15) is 64.7 Å². The van der Waals surface area contributed by atoms with Crippen molar-refractivity contribution in [2.75, 3.05) is 68.8 Å². The molecule has 9 rings (SSSR count). The van der Waals surface area contributed by atoms with Crippen LogP contribution in [0.1, 0.15) is 74.1 Å². The number of hydrogen-bond acceptors (Lipinski definition) is 12. The average Bonchev–Trinajstić information content (AvgIpc) is 3.83. The van der Waals surface area contributed by atoms with E-state index in [1.165, 1.54) is 6.42 Å². The van der Waals surface area contributed by atoms with Gasteiger partial charge in [-0.1, -0.05) is 18.6 Å². The zero-order valence-corrected chi connectivity index (χ0v) is 33.4. The number of piperidine rings is 1. The summed E-state index contributed by atoms with van der Waals surface area (Å²) in [6, 6.07) is 6.39. The summed E-state index contributed by atoms with van der Waals surface area (Å²) in [7, 11) is 0. The van der Waals surface area contributed by atoms with Crippen LogP contribution in [-0.4, -0.2) is 88.9 Å². The van der Waals surface area contributed by atoms with Crippen LogP contribution in [0.25, 0.3) is 32.1 Å². The second kappa shape index (κ2) is 15.7. The SMILES string of the molecule is N#Cc1c(N)sc2c(F)ccc(-c3c(C(F)(F)F)c4c5c(nc(OC[C@@]67CCCN6C[C@H](F)C7)nc5c3F)N([C@H](CCCN3CCCCC3)c3cccnc3N)CCO4)c12. The third-order valence-corrected chi connectivity index (χ3v) is 13.6. The van der Waals surface area contributed by atoms with E-state index in [2.05, 4.69) is 14.9 Å². The fourth-order valence-corrected chi connectivity index (χ4v) is 10.8. The van der Waals surface area contributed by atoms with Gasteiger partial charge in [0.2, 0.25) is 0 Å². The molecule has 0 radical (unpaired) electrons. The molecule has 3 atom stereocenters. The first-order valence-electron chi connectivity index (χ1n) is 20.3. The van der Waals surface area contributed by atoms with Crippen LogP contribution in [0.5, 0.6) is 11.8 Å². The van der Waals surface area contributed by atoms with Gasteiger partial charge in [0.25, 0.3) is 0 Å². The number of ether oxygens (including phenoxy) is 2. The van der Waals surface area contributed by atoms with Crippen molar-refractivity contribution >= 4 is 49.0 Å². The minimum atomic E-state index is -5.24. The Morgan fingerprint density at radius 2 is 1.87 bits per heavy atom. The minimum Gasteiger partial charge on any atom is -0.490 e. The predicted octanol–water partition coefficient (Wildman–Crippen LogP) is 8.40. The smallest absolute Gasteiger partial charge is 0.420 e. The van der Waals surface area contributed by atoms with E-state index in [1.807, 2.05) is 17.0 Å². The van der Waals surface area contributed by atoms with Crippen LogP contribution in [0.15, 0.2) is 30.5 Å². The van der Waals surface area contributed by atoms with Crippen molar-refractivity contribution < 1.29 is 35.8 Å². The molecule has 18 heteroatoms. The van der Waals surface area contributed by atoms with Gasteiger partial charge in [-0.15, -0.1) is 11.3 Å². The highest BCUT2D eigenvalue weighted by Gasteiger charge is 2.50. The monoisotopic (exact) mass is 851 g/mol. The number of alkyl halides is 4. The number of nitrogens with zero attached hydrogens (tertiary/aromatic N) is 7. The van der Waals surface area contributed by atoms with Gasteiger partial charge in [-0.05, 0) is 82.4 Å². The molecular weight excluding hydrogens is 809 g/mol. The van der Waals surface area contributed by atoms with Gasteiger partial charge in [0.05, 0.1) is 33.8 Å². The Morgan fingerprint density at radius 3 is 2.63 bits per heavy atom. The largest absolute Gasteiger partial charge is 0.490 e. The van der Waals surface area contributed by atoms with Crippen molar-refractivity contribution in [3.05, 3.63) is 58.8 Å². The molecule has 0 unspecified atom stereocenters. The highest BCUT2D eigenvalue weighted by atomic mass is 32.1. The molecule has 11 nitrogen and oxygen atoms in total. The Labute approximate surface area is 345 Å². The van der Waals surface area contributed by atoms with Gasteiger partial charge < -0.3 is 30.7 Å². The van der Waals surface area contributed by atoms with Gasteiger partial charge in [0, 0.05) is 35.7 Å². The lowest BCUT2D eigenvalue weighted by Gasteiger charge is -2.34. The minimum absolute atomic E-state index is 0.00111. The summed E-state index contributed by atoms with van der Waals surface area (Å²) in [6.45, 7) is 3.31. The molecule has 3 fully saturated rings. The second-order valence-electron chi connectivity index (χ2n) is 16.1. The van der Waals surface area contributed by atoms with E-state index >= 15 is 22.0 Å². The van der Waals surface area contributed by atoms with Crippen molar-refractivity contribution in [2.24, 2.45) is 0 Å². The standard InChI is InChI=1S/C42H43F6N9O2S/c43-23-19-41(11-6-16-56(41)21-23)22-59-40-53-34-31-35(32(42(46,47)48)30(33(34)45)25-9-10-27(44)36-29(25)26(20-49)38(51)60-36)58-18-17-57(39(31)54-40)28(24-7-4-12-52-37(24)50)8-5-15-55-13-2-1-3-14-55/h4,7,9-10,12,23,28H,1-3,5-6,8,11,13-19,21-22,51H2,(H2,50,52)/t23-,28-,41+/m1/s1. The van der Waals surface area contributed by atoms with E-state index in [4.69, 9.17) is 25.9 Å². The average molecular weight is 852 g/mol. The number of benzene rings is 2. The van der Waals surface area contributed by atoms with E-state index in [-0.39, 0.29) is 76.4 Å². The number of anilines is 3. The Balaban J connectivity index is 1.27. The van der Waals surface area contributed by atoms with Crippen molar-refractivity contribution in [1.29, 1.82) is 5.26 Å². The first kappa shape index (κ1) is 40.3. The Kier molecular flexibility index (Phi) is 10.6. The summed E-state index contributed by atoms with van der Waals surface area (Å²) in [5, 5.41) is 9.30. The molecule has 0 saturated carbocycles. The van der Waals surface area contributed by atoms with Crippen LogP contribution in [0.3, 0.4) is 0 Å². The number of halogens is 6. The second-order valence-corrected chi connectivity index (χ2v) is 17.2. The maximum Gasteiger partial charge on any atom is 0.420 e. The van der Waals surface area contributed by atoms with Gasteiger partial charge in [-0.3, -0.25) is 4.90 Å². The maximum absolute atomic E-state index is 17.8. The number of pyridine rings is 1. The number of aromatic nitrogens is 3. The molecule has 4 aliphatic heterocycles. The third-order valence-electron chi connectivity index (χ3n) is 12.6. The fourth-order valence-electron chi connectivity index (χ4n) is 9.90. The summed E-state index contributed by atoms with van der Waals surface area (Å²) >= 11 is 0.679. The van der Waals surface area contributed by atoms with Crippen molar-refractivity contribution in [3.8, 4) is 29.0 Å². The molecule has 7 heterocycles. The molecule has 0 amide bonds. The van der Waals surface area contributed by atoms with Crippen LogP contribution in [0.4, 0.5) is 43.0 Å². The normalized spacial score (nSPS) is 21.6. The molecule has 316 valence electrons. The van der Waals surface area contributed by atoms with Crippen LogP contribution < -0.4 is 25.8 Å². The summed E-state index contributed by atoms with van der Waals surface area (Å²) in [5.74, 6) is -2.82.